The lowest BCUT2D eigenvalue weighted by Crippen LogP contribution is -2.18. The zero-order chi connectivity index (χ0) is 13.5. The third-order valence-electron chi connectivity index (χ3n) is 2.65. The molecule has 0 fully saturated rings. The van der Waals surface area contributed by atoms with Crippen molar-refractivity contribution in [1.82, 2.24) is 20.6 Å². The van der Waals surface area contributed by atoms with Crippen LogP contribution in [0, 0.1) is 0 Å². The summed E-state index contributed by atoms with van der Waals surface area (Å²) >= 11 is 0. The highest BCUT2D eigenvalue weighted by Crippen LogP contribution is 2.00. The Labute approximate surface area is 112 Å². The first-order valence-corrected chi connectivity index (χ1v) is 6.07. The number of nitrogens with zero attached hydrogens (tertiary/aromatic N) is 2. The molecule has 0 saturated heterocycles. The zero-order valence-corrected chi connectivity index (χ0v) is 10.8. The van der Waals surface area contributed by atoms with Gasteiger partial charge in [-0.15, -0.1) is 0 Å². The summed E-state index contributed by atoms with van der Waals surface area (Å²) in [6, 6.07) is 9.43. The Morgan fingerprint density at radius 3 is 2.47 bits per heavy atom. The number of carbonyl (C=O) groups is 1. The number of nitrogens with one attached hydrogen (secondary N) is 2. The quantitative estimate of drug-likeness (QED) is 0.841. The van der Waals surface area contributed by atoms with Crippen LogP contribution in [-0.2, 0) is 13.1 Å². The molecule has 0 aliphatic carbocycles. The topological polar surface area (TPSA) is 66.9 Å². The van der Waals surface area contributed by atoms with Gasteiger partial charge in [-0.05, 0) is 24.3 Å². The molecule has 0 aromatic carbocycles. The van der Waals surface area contributed by atoms with E-state index in [4.69, 9.17) is 0 Å². The number of amides is 1. The molecular formula is C14H16N4O. The third kappa shape index (κ3) is 3.86. The Morgan fingerprint density at radius 2 is 1.89 bits per heavy atom. The lowest BCUT2D eigenvalue weighted by molar-refractivity contribution is 0.0962. The van der Waals surface area contributed by atoms with Crippen LogP contribution in [0.25, 0.3) is 0 Å². The average Bonchev–Trinajstić information content (AvgIpc) is 2.48. The molecule has 0 spiro atoms. The molecule has 0 saturated carbocycles. The highest BCUT2D eigenvalue weighted by molar-refractivity contribution is 5.93. The van der Waals surface area contributed by atoms with Crippen LogP contribution in [0.2, 0.25) is 0 Å². The molecule has 5 heteroatoms. The zero-order valence-electron chi connectivity index (χ0n) is 10.8. The van der Waals surface area contributed by atoms with E-state index in [1.807, 2.05) is 24.3 Å². The molecule has 5 nitrogen and oxygen atoms in total. The molecule has 19 heavy (non-hydrogen) atoms. The minimum atomic E-state index is -0.125. The van der Waals surface area contributed by atoms with Gasteiger partial charge in [0.15, 0.2) is 0 Å². The summed E-state index contributed by atoms with van der Waals surface area (Å²) < 4.78 is 0. The summed E-state index contributed by atoms with van der Waals surface area (Å²) in [6.07, 6.45) is 3.35. The van der Waals surface area contributed by atoms with E-state index in [1.165, 1.54) is 0 Å². The van der Waals surface area contributed by atoms with Crippen molar-refractivity contribution >= 4 is 5.91 Å². The first kappa shape index (κ1) is 13.2. The van der Waals surface area contributed by atoms with E-state index in [2.05, 4.69) is 20.6 Å². The van der Waals surface area contributed by atoms with Crippen molar-refractivity contribution < 1.29 is 4.79 Å². The van der Waals surface area contributed by atoms with Crippen LogP contribution in [0.1, 0.15) is 21.7 Å². The molecule has 2 aromatic rings. The maximum atomic E-state index is 11.3. The molecule has 0 atom stereocenters. The van der Waals surface area contributed by atoms with Crippen LogP contribution >= 0.6 is 0 Å². The van der Waals surface area contributed by atoms with Crippen molar-refractivity contribution in [1.29, 1.82) is 0 Å². The van der Waals surface area contributed by atoms with Crippen molar-refractivity contribution in [2.75, 3.05) is 7.05 Å². The molecule has 0 bridgehead atoms. The van der Waals surface area contributed by atoms with Crippen LogP contribution < -0.4 is 10.6 Å². The molecule has 0 unspecified atom stereocenters. The predicted octanol–water partition coefficient (Wildman–Crippen LogP) is 1.13. The van der Waals surface area contributed by atoms with Crippen LogP contribution in [0.4, 0.5) is 0 Å². The van der Waals surface area contributed by atoms with Gasteiger partial charge in [0.2, 0.25) is 0 Å². The lowest BCUT2D eigenvalue weighted by atomic mass is 10.2. The highest BCUT2D eigenvalue weighted by atomic mass is 16.1. The minimum absolute atomic E-state index is 0.125. The summed E-state index contributed by atoms with van der Waals surface area (Å²) in [6.45, 7) is 1.34. The Kier molecular flexibility index (Phi) is 4.58. The molecule has 2 aromatic heterocycles. The maximum absolute atomic E-state index is 11.3. The molecule has 98 valence electrons. The normalized spacial score (nSPS) is 10.2. The number of carbonyl (C=O) groups excluding carboxylic acids is 1. The maximum Gasteiger partial charge on any atom is 0.252 e. The van der Waals surface area contributed by atoms with Gasteiger partial charge >= 0.3 is 0 Å². The summed E-state index contributed by atoms with van der Waals surface area (Å²) in [7, 11) is 1.60. The molecule has 2 N–H and O–H groups in total. The Bertz CT molecular complexity index is 525. The van der Waals surface area contributed by atoms with Gasteiger partial charge in [0.25, 0.3) is 5.91 Å². The fourth-order valence-corrected chi connectivity index (χ4v) is 1.63. The molecule has 2 heterocycles. The largest absolute Gasteiger partial charge is 0.355 e. The standard InChI is InChI=1S/C14H16N4O/c1-15-14(19)11-5-6-13(18-8-11)10-16-9-12-4-2-3-7-17-12/h2-8,16H,9-10H2,1H3,(H,15,19). The van der Waals surface area contributed by atoms with Gasteiger partial charge in [-0.25, -0.2) is 0 Å². The van der Waals surface area contributed by atoms with Gasteiger partial charge in [-0.1, -0.05) is 6.07 Å². The molecule has 1 amide bonds. The van der Waals surface area contributed by atoms with Crippen molar-refractivity contribution in [3.63, 3.8) is 0 Å². The monoisotopic (exact) mass is 256 g/mol. The van der Waals surface area contributed by atoms with E-state index in [9.17, 15) is 4.79 Å². The molecular weight excluding hydrogens is 240 g/mol. The van der Waals surface area contributed by atoms with Crippen molar-refractivity contribution in [2.45, 2.75) is 13.1 Å². The number of hydrogen-bond donors (Lipinski definition) is 2. The second-order valence-corrected chi connectivity index (χ2v) is 4.04. The van der Waals surface area contributed by atoms with E-state index in [0.717, 1.165) is 11.4 Å². The molecule has 2 rings (SSSR count). The predicted molar refractivity (Wildman–Crippen MR) is 72.4 cm³/mol. The fraction of sp³-hybridized carbons (Fsp3) is 0.214. The minimum Gasteiger partial charge on any atom is -0.355 e. The van der Waals surface area contributed by atoms with Gasteiger partial charge in [0.1, 0.15) is 0 Å². The fourth-order valence-electron chi connectivity index (χ4n) is 1.63. The average molecular weight is 256 g/mol. The first-order valence-electron chi connectivity index (χ1n) is 6.07. The number of pyridine rings is 2. The van der Waals surface area contributed by atoms with Crippen LogP contribution in [0.5, 0.6) is 0 Å². The van der Waals surface area contributed by atoms with Gasteiger partial charge in [0, 0.05) is 32.5 Å². The second-order valence-electron chi connectivity index (χ2n) is 4.04. The van der Waals surface area contributed by atoms with E-state index in [1.54, 1.807) is 25.5 Å². The van der Waals surface area contributed by atoms with Gasteiger partial charge in [-0.3, -0.25) is 14.8 Å². The lowest BCUT2D eigenvalue weighted by Gasteiger charge is -2.05. The number of rotatable bonds is 5. The Balaban J connectivity index is 1.85. The van der Waals surface area contributed by atoms with Crippen LogP contribution in [-0.4, -0.2) is 22.9 Å². The first-order chi connectivity index (χ1) is 9.29. The number of aromatic nitrogens is 2. The summed E-state index contributed by atoms with van der Waals surface area (Å²) in [5.41, 5.74) is 2.45. The van der Waals surface area contributed by atoms with Crippen LogP contribution in [0.3, 0.4) is 0 Å². The van der Waals surface area contributed by atoms with Crippen molar-refractivity contribution in [2.24, 2.45) is 0 Å². The highest BCUT2D eigenvalue weighted by Gasteiger charge is 2.03. The Morgan fingerprint density at radius 1 is 1.11 bits per heavy atom. The smallest absolute Gasteiger partial charge is 0.252 e. The van der Waals surface area contributed by atoms with Crippen LogP contribution in [0.15, 0.2) is 42.7 Å². The van der Waals surface area contributed by atoms with Gasteiger partial charge in [-0.2, -0.15) is 0 Å². The molecule has 0 radical (unpaired) electrons. The third-order valence-corrected chi connectivity index (χ3v) is 2.65. The molecule has 0 aliphatic rings. The van der Waals surface area contributed by atoms with E-state index >= 15 is 0 Å². The summed E-state index contributed by atoms with van der Waals surface area (Å²) in [5, 5.41) is 5.82. The van der Waals surface area contributed by atoms with Gasteiger partial charge < -0.3 is 10.6 Å². The van der Waals surface area contributed by atoms with Crippen molar-refractivity contribution in [3.05, 3.63) is 59.7 Å². The van der Waals surface area contributed by atoms with E-state index in [-0.39, 0.29) is 5.91 Å². The summed E-state index contributed by atoms with van der Waals surface area (Å²) in [4.78, 5) is 19.8. The number of hydrogen-bond acceptors (Lipinski definition) is 4. The second kappa shape index (κ2) is 6.61. The molecule has 0 aliphatic heterocycles. The van der Waals surface area contributed by atoms with Gasteiger partial charge in [0.05, 0.1) is 17.0 Å². The van der Waals surface area contributed by atoms with E-state index < -0.39 is 0 Å². The SMILES string of the molecule is CNC(=O)c1ccc(CNCc2ccccn2)nc1. The summed E-state index contributed by atoms with van der Waals surface area (Å²) in [5.74, 6) is -0.125. The van der Waals surface area contributed by atoms with E-state index in [0.29, 0.717) is 18.7 Å². The van der Waals surface area contributed by atoms with Crippen molar-refractivity contribution in [3.8, 4) is 0 Å². The Hall–Kier alpha value is -2.27.